The van der Waals surface area contributed by atoms with Crippen molar-refractivity contribution in [3.63, 3.8) is 0 Å². The van der Waals surface area contributed by atoms with Crippen LogP contribution in [0.15, 0.2) is 36.4 Å². The average Bonchev–Trinajstić information content (AvgIpc) is 2.46. The fourth-order valence-electron chi connectivity index (χ4n) is 1.72. The van der Waals surface area contributed by atoms with Crippen molar-refractivity contribution in [1.29, 1.82) is 0 Å². The largest absolute Gasteiger partial charge is 0.497 e. The Morgan fingerprint density at radius 3 is 2.50 bits per heavy atom. The van der Waals surface area contributed by atoms with Crippen LogP contribution in [0.4, 0.5) is 8.78 Å². The number of benzene rings is 2. The second kappa shape index (κ2) is 6.70. The summed E-state index contributed by atoms with van der Waals surface area (Å²) in [6.45, 7) is 0.0709. The van der Waals surface area contributed by atoms with E-state index >= 15 is 0 Å². The Kier molecular flexibility index (Phi) is 4.95. The molecular formula is C15H13BrF2O2. The van der Waals surface area contributed by atoms with Crippen molar-refractivity contribution >= 4 is 15.9 Å². The van der Waals surface area contributed by atoms with Gasteiger partial charge in [-0.15, -0.1) is 0 Å². The van der Waals surface area contributed by atoms with Gasteiger partial charge in [0.2, 0.25) is 0 Å². The van der Waals surface area contributed by atoms with Gasteiger partial charge in [-0.1, -0.05) is 15.9 Å². The number of alkyl halides is 1. The van der Waals surface area contributed by atoms with Crippen LogP contribution >= 0.6 is 15.9 Å². The van der Waals surface area contributed by atoms with Crippen LogP contribution in [0.5, 0.6) is 11.5 Å². The van der Waals surface area contributed by atoms with E-state index in [0.29, 0.717) is 28.0 Å². The highest BCUT2D eigenvalue weighted by Gasteiger charge is 2.08. The SMILES string of the molecule is COc1ccc(COc2ccc(F)cc2CBr)c(F)c1. The maximum Gasteiger partial charge on any atom is 0.133 e. The van der Waals surface area contributed by atoms with Crippen molar-refractivity contribution in [2.45, 2.75) is 11.9 Å². The Balaban J connectivity index is 2.12. The maximum atomic E-state index is 13.8. The molecule has 0 aliphatic carbocycles. The normalized spacial score (nSPS) is 10.4. The number of ether oxygens (including phenoxy) is 2. The molecule has 5 heteroatoms. The van der Waals surface area contributed by atoms with E-state index in [1.165, 1.54) is 31.4 Å². The van der Waals surface area contributed by atoms with Gasteiger partial charge in [-0.25, -0.2) is 8.78 Å². The first kappa shape index (κ1) is 14.8. The highest BCUT2D eigenvalue weighted by atomic mass is 79.9. The Morgan fingerprint density at radius 1 is 1.05 bits per heavy atom. The standard InChI is InChI=1S/C15H13BrF2O2/c1-19-13-4-2-10(14(18)7-13)9-20-15-5-3-12(17)6-11(15)8-16/h2-7H,8-9H2,1H3. The lowest BCUT2D eigenvalue weighted by Crippen LogP contribution is -2.01. The zero-order valence-electron chi connectivity index (χ0n) is 10.8. The third kappa shape index (κ3) is 3.48. The van der Waals surface area contributed by atoms with Gasteiger partial charge in [0.25, 0.3) is 0 Å². The minimum absolute atomic E-state index is 0.0709. The van der Waals surface area contributed by atoms with Crippen LogP contribution < -0.4 is 9.47 Å². The minimum Gasteiger partial charge on any atom is -0.497 e. The fraction of sp³-hybridized carbons (Fsp3) is 0.200. The molecule has 106 valence electrons. The molecule has 2 aromatic rings. The number of hydrogen-bond donors (Lipinski definition) is 0. The summed E-state index contributed by atoms with van der Waals surface area (Å²) in [6, 6.07) is 8.80. The van der Waals surface area contributed by atoms with E-state index in [1.807, 2.05) is 0 Å². The van der Waals surface area contributed by atoms with Gasteiger partial charge in [-0.3, -0.25) is 0 Å². The zero-order chi connectivity index (χ0) is 14.5. The Morgan fingerprint density at radius 2 is 1.85 bits per heavy atom. The molecule has 0 atom stereocenters. The van der Waals surface area contributed by atoms with Gasteiger partial charge in [0.05, 0.1) is 7.11 Å². The molecule has 0 saturated heterocycles. The van der Waals surface area contributed by atoms with Crippen molar-refractivity contribution in [1.82, 2.24) is 0 Å². The number of halogens is 3. The molecule has 0 aliphatic rings. The lowest BCUT2D eigenvalue weighted by Gasteiger charge is -2.11. The minimum atomic E-state index is -0.396. The van der Waals surface area contributed by atoms with Crippen LogP contribution in [0, 0.1) is 11.6 Å². The van der Waals surface area contributed by atoms with Crippen LogP contribution in [0.3, 0.4) is 0 Å². The maximum absolute atomic E-state index is 13.8. The van der Waals surface area contributed by atoms with Crippen molar-refractivity contribution in [3.8, 4) is 11.5 Å². The Labute approximate surface area is 124 Å². The number of rotatable bonds is 5. The van der Waals surface area contributed by atoms with Crippen LogP contribution in [-0.4, -0.2) is 7.11 Å². The molecule has 0 amide bonds. The summed E-state index contributed by atoms with van der Waals surface area (Å²) in [4.78, 5) is 0. The topological polar surface area (TPSA) is 18.5 Å². The monoisotopic (exact) mass is 342 g/mol. The summed E-state index contributed by atoms with van der Waals surface area (Å²) >= 11 is 3.26. The first-order valence-electron chi connectivity index (χ1n) is 5.93. The number of hydrogen-bond acceptors (Lipinski definition) is 2. The Bertz CT molecular complexity index is 602. The molecule has 0 unspecified atom stereocenters. The predicted molar refractivity (Wildman–Crippen MR) is 76.3 cm³/mol. The van der Waals surface area contributed by atoms with Crippen molar-refractivity contribution < 1.29 is 18.3 Å². The van der Waals surface area contributed by atoms with Crippen LogP contribution in [-0.2, 0) is 11.9 Å². The van der Waals surface area contributed by atoms with E-state index < -0.39 is 5.82 Å². The predicted octanol–water partition coefficient (Wildman–Crippen LogP) is 4.45. The summed E-state index contributed by atoms with van der Waals surface area (Å²) in [5, 5.41) is 0.463. The second-order valence-corrected chi connectivity index (χ2v) is 4.69. The highest BCUT2D eigenvalue weighted by Crippen LogP contribution is 2.24. The van der Waals surface area contributed by atoms with Gasteiger partial charge in [0.15, 0.2) is 0 Å². The third-order valence-corrected chi connectivity index (χ3v) is 3.41. The summed E-state index contributed by atoms with van der Waals surface area (Å²) < 4.78 is 37.3. The van der Waals surface area contributed by atoms with Crippen LogP contribution in [0.2, 0.25) is 0 Å². The van der Waals surface area contributed by atoms with Gasteiger partial charge in [-0.05, 0) is 30.3 Å². The van der Waals surface area contributed by atoms with Crippen molar-refractivity contribution in [3.05, 3.63) is 59.2 Å². The van der Waals surface area contributed by atoms with E-state index in [-0.39, 0.29) is 12.4 Å². The fourth-order valence-corrected chi connectivity index (χ4v) is 2.16. The van der Waals surface area contributed by atoms with E-state index in [9.17, 15) is 8.78 Å². The molecular weight excluding hydrogens is 330 g/mol. The first-order valence-corrected chi connectivity index (χ1v) is 7.06. The molecule has 0 aromatic heterocycles. The van der Waals surface area contributed by atoms with Gasteiger partial charge in [0, 0.05) is 22.5 Å². The van der Waals surface area contributed by atoms with E-state index in [1.54, 1.807) is 12.1 Å². The molecule has 0 heterocycles. The summed E-state index contributed by atoms with van der Waals surface area (Å²) in [6.07, 6.45) is 0. The molecule has 0 fully saturated rings. The summed E-state index contributed by atoms with van der Waals surface area (Å²) in [7, 11) is 1.48. The quantitative estimate of drug-likeness (QED) is 0.747. The molecule has 2 rings (SSSR count). The Hall–Kier alpha value is -1.62. The zero-order valence-corrected chi connectivity index (χ0v) is 12.4. The van der Waals surface area contributed by atoms with Gasteiger partial charge < -0.3 is 9.47 Å². The van der Waals surface area contributed by atoms with Crippen LogP contribution in [0.1, 0.15) is 11.1 Å². The van der Waals surface area contributed by atoms with Crippen LogP contribution in [0.25, 0.3) is 0 Å². The molecule has 2 nitrogen and oxygen atoms in total. The summed E-state index contributed by atoms with van der Waals surface area (Å²) in [5.41, 5.74) is 1.09. The van der Waals surface area contributed by atoms with Gasteiger partial charge in [0.1, 0.15) is 29.7 Å². The van der Waals surface area contributed by atoms with E-state index in [4.69, 9.17) is 9.47 Å². The second-order valence-electron chi connectivity index (χ2n) is 4.13. The van der Waals surface area contributed by atoms with Gasteiger partial charge >= 0.3 is 0 Å². The molecule has 0 spiro atoms. The molecule has 0 radical (unpaired) electrons. The third-order valence-electron chi connectivity index (χ3n) is 2.81. The van der Waals surface area contributed by atoms with Gasteiger partial charge in [-0.2, -0.15) is 0 Å². The van der Waals surface area contributed by atoms with E-state index in [0.717, 1.165) is 0 Å². The average molecular weight is 343 g/mol. The molecule has 0 bridgehead atoms. The molecule has 0 N–H and O–H groups in total. The molecule has 2 aromatic carbocycles. The first-order chi connectivity index (χ1) is 9.63. The molecule has 0 aliphatic heterocycles. The number of methoxy groups -OCH3 is 1. The van der Waals surface area contributed by atoms with Crippen molar-refractivity contribution in [2.24, 2.45) is 0 Å². The summed E-state index contributed by atoms with van der Waals surface area (Å²) in [5.74, 6) is 0.252. The lowest BCUT2D eigenvalue weighted by molar-refractivity contribution is 0.296. The lowest BCUT2D eigenvalue weighted by atomic mass is 10.2. The molecule has 20 heavy (non-hydrogen) atoms. The smallest absolute Gasteiger partial charge is 0.133 e. The van der Waals surface area contributed by atoms with Crippen molar-refractivity contribution in [2.75, 3.05) is 7.11 Å². The highest BCUT2D eigenvalue weighted by molar-refractivity contribution is 9.08. The van der Waals surface area contributed by atoms with E-state index in [2.05, 4.69) is 15.9 Å². The molecule has 0 saturated carbocycles.